The lowest BCUT2D eigenvalue weighted by atomic mass is 10.3. The predicted octanol–water partition coefficient (Wildman–Crippen LogP) is 3.05. The first-order valence-corrected chi connectivity index (χ1v) is 6.93. The second-order valence-corrected chi connectivity index (χ2v) is 5.80. The molecule has 0 fully saturated rings. The molecule has 18 heavy (non-hydrogen) atoms. The molecule has 0 bridgehead atoms. The van der Waals surface area contributed by atoms with E-state index in [4.69, 9.17) is 11.6 Å². The molecule has 3 aromatic rings. The number of rotatable bonds is 2. The average molecular weight is 297 g/mol. The topological polar surface area (TPSA) is 67.8 Å². The summed E-state index contributed by atoms with van der Waals surface area (Å²) in [7, 11) is 0. The number of carbonyl (C=O) groups excluding carboxylic acids is 1. The van der Waals surface area contributed by atoms with Gasteiger partial charge in [0.05, 0.1) is 15.7 Å². The maximum Gasteiger partial charge on any atom is 0.286 e. The van der Waals surface area contributed by atoms with E-state index in [2.05, 4.69) is 20.5 Å². The number of benzene rings is 1. The Morgan fingerprint density at radius 2 is 2.22 bits per heavy atom. The zero-order valence-corrected chi connectivity index (χ0v) is 11.1. The van der Waals surface area contributed by atoms with Crippen molar-refractivity contribution >= 4 is 56.1 Å². The van der Waals surface area contributed by atoms with Gasteiger partial charge in [-0.15, -0.1) is 21.5 Å². The van der Waals surface area contributed by atoms with Crippen LogP contribution in [0.25, 0.3) is 10.2 Å². The van der Waals surface area contributed by atoms with Crippen LogP contribution in [0.2, 0.25) is 4.47 Å². The van der Waals surface area contributed by atoms with E-state index in [1.807, 2.05) is 12.1 Å². The SMILES string of the molecule is O=C(Nc1ccc2ncsc2c1)c1nnc(Cl)s1. The van der Waals surface area contributed by atoms with Crippen molar-refractivity contribution in [1.29, 1.82) is 0 Å². The Labute approximate surface area is 114 Å². The maximum absolute atomic E-state index is 11.8. The Kier molecular flexibility index (Phi) is 2.94. The van der Waals surface area contributed by atoms with Gasteiger partial charge in [-0.3, -0.25) is 4.79 Å². The van der Waals surface area contributed by atoms with Crippen LogP contribution in [0.15, 0.2) is 23.7 Å². The fourth-order valence-electron chi connectivity index (χ4n) is 1.41. The summed E-state index contributed by atoms with van der Waals surface area (Å²) in [6, 6.07) is 5.52. The van der Waals surface area contributed by atoms with E-state index in [-0.39, 0.29) is 15.4 Å². The summed E-state index contributed by atoms with van der Waals surface area (Å²) < 4.78 is 1.26. The third-order valence-corrected chi connectivity index (χ3v) is 3.99. The number of anilines is 1. The lowest BCUT2D eigenvalue weighted by molar-refractivity contribution is 0.102. The van der Waals surface area contributed by atoms with Crippen LogP contribution in [0.1, 0.15) is 9.80 Å². The summed E-state index contributed by atoms with van der Waals surface area (Å²) >= 11 is 8.19. The molecule has 0 spiro atoms. The first-order chi connectivity index (χ1) is 8.72. The van der Waals surface area contributed by atoms with Crippen LogP contribution in [0, 0.1) is 0 Å². The molecule has 0 aliphatic heterocycles. The lowest BCUT2D eigenvalue weighted by Crippen LogP contribution is -2.11. The van der Waals surface area contributed by atoms with Gasteiger partial charge >= 0.3 is 0 Å². The molecule has 0 aliphatic carbocycles. The smallest absolute Gasteiger partial charge is 0.286 e. The monoisotopic (exact) mass is 296 g/mol. The summed E-state index contributed by atoms with van der Waals surface area (Å²) in [4.78, 5) is 16.0. The highest BCUT2D eigenvalue weighted by Gasteiger charge is 2.12. The summed E-state index contributed by atoms with van der Waals surface area (Å²) in [6.45, 7) is 0. The van der Waals surface area contributed by atoms with E-state index in [0.717, 1.165) is 21.6 Å². The summed E-state index contributed by atoms with van der Waals surface area (Å²) in [5.41, 5.74) is 3.38. The molecule has 0 aliphatic rings. The minimum atomic E-state index is -0.316. The van der Waals surface area contributed by atoms with Crippen LogP contribution < -0.4 is 5.32 Å². The molecule has 1 amide bonds. The number of nitrogens with one attached hydrogen (secondary N) is 1. The van der Waals surface area contributed by atoms with Crippen LogP contribution in [-0.4, -0.2) is 21.1 Å². The highest BCUT2D eigenvalue weighted by Crippen LogP contribution is 2.23. The Bertz CT molecular complexity index is 723. The van der Waals surface area contributed by atoms with Crippen LogP contribution in [0.3, 0.4) is 0 Å². The number of amides is 1. The van der Waals surface area contributed by atoms with Crippen LogP contribution >= 0.6 is 34.3 Å². The average Bonchev–Trinajstić information content (AvgIpc) is 2.96. The van der Waals surface area contributed by atoms with E-state index in [1.54, 1.807) is 11.6 Å². The van der Waals surface area contributed by atoms with Crippen LogP contribution in [0.4, 0.5) is 5.69 Å². The zero-order valence-electron chi connectivity index (χ0n) is 8.75. The number of fused-ring (bicyclic) bond motifs is 1. The summed E-state index contributed by atoms with van der Waals surface area (Å²) in [5, 5.41) is 10.2. The molecule has 0 radical (unpaired) electrons. The second kappa shape index (κ2) is 4.60. The first-order valence-electron chi connectivity index (χ1n) is 4.86. The van der Waals surface area contributed by atoms with Gasteiger partial charge in [-0.2, -0.15) is 0 Å². The number of carbonyl (C=O) groups is 1. The van der Waals surface area contributed by atoms with Crippen molar-refractivity contribution < 1.29 is 4.79 Å². The van der Waals surface area contributed by atoms with Crippen molar-refractivity contribution in [3.05, 3.63) is 33.2 Å². The molecule has 0 saturated carbocycles. The third-order valence-electron chi connectivity index (χ3n) is 2.18. The minimum absolute atomic E-state index is 0.240. The second-order valence-electron chi connectivity index (χ2n) is 3.35. The molecule has 2 aromatic heterocycles. The molecule has 1 N–H and O–H groups in total. The number of thiazole rings is 1. The van der Waals surface area contributed by atoms with Gasteiger partial charge in [0.25, 0.3) is 5.91 Å². The van der Waals surface area contributed by atoms with Gasteiger partial charge in [-0.05, 0) is 29.8 Å². The number of hydrogen-bond donors (Lipinski definition) is 1. The van der Waals surface area contributed by atoms with Gasteiger partial charge in [-0.1, -0.05) is 11.3 Å². The largest absolute Gasteiger partial charge is 0.320 e. The number of nitrogens with zero attached hydrogens (tertiary/aromatic N) is 3. The quantitative estimate of drug-likeness (QED) is 0.789. The van der Waals surface area contributed by atoms with E-state index >= 15 is 0 Å². The maximum atomic E-state index is 11.8. The van der Waals surface area contributed by atoms with E-state index in [9.17, 15) is 4.79 Å². The van der Waals surface area contributed by atoms with E-state index < -0.39 is 0 Å². The molecule has 3 rings (SSSR count). The van der Waals surface area contributed by atoms with Gasteiger partial charge in [0.15, 0.2) is 0 Å². The zero-order chi connectivity index (χ0) is 12.5. The standard InChI is InChI=1S/C10H5ClN4OS2/c11-10-15-14-9(18-10)8(16)13-5-1-2-6-7(3-5)17-4-12-6/h1-4H,(H,13,16). The lowest BCUT2D eigenvalue weighted by Gasteiger charge is -2.01. The van der Waals surface area contributed by atoms with Gasteiger partial charge in [0.2, 0.25) is 9.47 Å². The van der Waals surface area contributed by atoms with Gasteiger partial charge < -0.3 is 5.32 Å². The Hall–Kier alpha value is -1.57. The molecular formula is C10H5ClN4OS2. The minimum Gasteiger partial charge on any atom is -0.320 e. The van der Waals surface area contributed by atoms with E-state index in [1.165, 1.54) is 11.3 Å². The summed E-state index contributed by atoms with van der Waals surface area (Å²) in [5.74, 6) is -0.316. The fourth-order valence-corrected chi connectivity index (χ4v) is 2.85. The number of halogens is 1. The normalized spacial score (nSPS) is 10.7. The van der Waals surface area contributed by atoms with Crippen molar-refractivity contribution in [2.45, 2.75) is 0 Å². The molecule has 0 atom stereocenters. The van der Waals surface area contributed by atoms with Gasteiger partial charge in [-0.25, -0.2) is 4.98 Å². The Morgan fingerprint density at radius 3 is 3.00 bits per heavy atom. The highest BCUT2D eigenvalue weighted by atomic mass is 35.5. The van der Waals surface area contributed by atoms with Crippen molar-refractivity contribution in [3.63, 3.8) is 0 Å². The van der Waals surface area contributed by atoms with Crippen molar-refractivity contribution in [2.24, 2.45) is 0 Å². The van der Waals surface area contributed by atoms with Crippen molar-refractivity contribution in [2.75, 3.05) is 5.32 Å². The van der Waals surface area contributed by atoms with Crippen molar-refractivity contribution in [1.82, 2.24) is 15.2 Å². The molecule has 90 valence electrons. The molecular weight excluding hydrogens is 292 g/mol. The fraction of sp³-hybridized carbons (Fsp3) is 0. The predicted molar refractivity (Wildman–Crippen MR) is 72.5 cm³/mol. The van der Waals surface area contributed by atoms with Crippen molar-refractivity contribution in [3.8, 4) is 0 Å². The van der Waals surface area contributed by atoms with Crippen LogP contribution in [-0.2, 0) is 0 Å². The van der Waals surface area contributed by atoms with Gasteiger partial charge in [0, 0.05) is 5.69 Å². The van der Waals surface area contributed by atoms with E-state index in [0.29, 0.717) is 5.69 Å². The number of hydrogen-bond acceptors (Lipinski definition) is 6. The summed E-state index contributed by atoms with van der Waals surface area (Å²) in [6.07, 6.45) is 0. The first kappa shape index (κ1) is 11.5. The van der Waals surface area contributed by atoms with Gasteiger partial charge in [0.1, 0.15) is 0 Å². The number of aromatic nitrogens is 3. The Balaban J connectivity index is 1.85. The molecule has 1 aromatic carbocycles. The highest BCUT2D eigenvalue weighted by molar-refractivity contribution is 7.17. The Morgan fingerprint density at radius 1 is 1.33 bits per heavy atom. The molecule has 0 saturated heterocycles. The third kappa shape index (κ3) is 2.20. The van der Waals surface area contributed by atoms with Crippen LogP contribution in [0.5, 0.6) is 0 Å². The molecule has 0 unspecified atom stereocenters. The molecule has 5 nitrogen and oxygen atoms in total. The molecule has 2 heterocycles. The molecule has 8 heteroatoms.